The van der Waals surface area contributed by atoms with Gasteiger partial charge in [0.05, 0.1) is 18.9 Å². The quantitative estimate of drug-likeness (QED) is 0.537. The molecule has 2 rings (SSSR count). The van der Waals surface area contributed by atoms with Gasteiger partial charge in [0.1, 0.15) is 5.75 Å². The van der Waals surface area contributed by atoms with Crippen LogP contribution in [0, 0.1) is 6.92 Å². The van der Waals surface area contributed by atoms with Crippen molar-refractivity contribution in [2.24, 2.45) is 0 Å². The van der Waals surface area contributed by atoms with Crippen LogP contribution in [0.2, 0.25) is 0 Å². The zero-order valence-corrected chi connectivity index (χ0v) is 10.5. The molecule has 0 radical (unpaired) electrons. The molecule has 2 amide bonds. The molecule has 0 aromatic carbocycles. The molecule has 1 fully saturated rings. The van der Waals surface area contributed by atoms with Crippen molar-refractivity contribution in [3.8, 4) is 5.75 Å². The fourth-order valence-corrected chi connectivity index (χ4v) is 1.50. The maximum Gasteiger partial charge on any atom is 0.227 e. The number of aryl methyl sites for hydroxylation is 1. The molecule has 7 heteroatoms. The number of pyridine rings is 1. The highest BCUT2D eigenvalue weighted by Gasteiger charge is 2.15. The van der Waals surface area contributed by atoms with E-state index in [1.165, 1.54) is 6.20 Å². The standard InChI is InChI=1S/C8H11NO3.C4H5NO2/c1-5-8(12)7(4-11)6(3-10)2-9-5;6-3-1-2-4(7)5-3/h2,10-12H,3-4H2,1H3;1-2H2,(H,5,6,7). The Morgan fingerprint density at radius 3 is 2.16 bits per heavy atom. The van der Waals surface area contributed by atoms with Gasteiger partial charge < -0.3 is 15.3 Å². The van der Waals surface area contributed by atoms with Crippen LogP contribution < -0.4 is 5.32 Å². The highest BCUT2D eigenvalue weighted by atomic mass is 16.3. The second-order valence-corrected chi connectivity index (χ2v) is 3.98. The number of carbonyl (C=O) groups is 2. The van der Waals surface area contributed by atoms with Crippen LogP contribution in [0.3, 0.4) is 0 Å². The lowest BCUT2D eigenvalue weighted by Crippen LogP contribution is -2.18. The van der Waals surface area contributed by atoms with Crippen LogP contribution in [0.4, 0.5) is 0 Å². The number of hydrogen-bond acceptors (Lipinski definition) is 6. The van der Waals surface area contributed by atoms with Crippen LogP contribution in [0.1, 0.15) is 29.7 Å². The molecule has 0 bridgehead atoms. The molecule has 1 aliphatic heterocycles. The summed E-state index contributed by atoms with van der Waals surface area (Å²) in [5.41, 5.74) is 1.27. The Balaban J connectivity index is 0.000000218. The molecule has 19 heavy (non-hydrogen) atoms. The van der Waals surface area contributed by atoms with Crippen molar-refractivity contribution >= 4 is 11.8 Å². The van der Waals surface area contributed by atoms with Gasteiger partial charge in [-0.3, -0.25) is 19.9 Å². The largest absolute Gasteiger partial charge is 0.506 e. The molecule has 0 atom stereocenters. The van der Waals surface area contributed by atoms with E-state index in [4.69, 9.17) is 10.2 Å². The second-order valence-electron chi connectivity index (χ2n) is 3.98. The summed E-state index contributed by atoms with van der Waals surface area (Å²) >= 11 is 0. The lowest BCUT2D eigenvalue weighted by Gasteiger charge is -2.07. The molecule has 0 spiro atoms. The van der Waals surface area contributed by atoms with Gasteiger partial charge >= 0.3 is 0 Å². The molecule has 0 unspecified atom stereocenters. The molecule has 104 valence electrons. The first kappa shape index (κ1) is 15.1. The number of aromatic hydroxyl groups is 1. The molecule has 1 aromatic heterocycles. The van der Waals surface area contributed by atoms with E-state index in [9.17, 15) is 14.7 Å². The zero-order chi connectivity index (χ0) is 14.4. The SMILES string of the molecule is Cc1ncc(CO)c(CO)c1O.O=C1CCC(=O)N1. The number of nitrogens with zero attached hydrogens (tertiary/aromatic N) is 1. The van der Waals surface area contributed by atoms with Crippen LogP contribution >= 0.6 is 0 Å². The van der Waals surface area contributed by atoms with Crippen LogP contribution in [0.25, 0.3) is 0 Å². The summed E-state index contributed by atoms with van der Waals surface area (Å²) in [6.45, 7) is 1.12. The zero-order valence-electron chi connectivity index (χ0n) is 10.5. The average Bonchev–Trinajstić information content (AvgIpc) is 2.77. The minimum Gasteiger partial charge on any atom is -0.506 e. The number of imide groups is 1. The fraction of sp³-hybridized carbons (Fsp3) is 0.417. The lowest BCUT2D eigenvalue weighted by molar-refractivity contribution is -0.124. The summed E-state index contributed by atoms with van der Waals surface area (Å²) < 4.78 is 0. The van der Waals surface area contributed by atoms with E-state index in [1.807, 2.05) is 0 Å². The number of rotatable bonds is 2. The van der Waals surface area contributed by atoms with Gasteiger partial charge in [-0.2, -0.15) is 0 Å². The number of amides is 2. The molecule has 7 nitrogen and oxygen atoms in total. The normalized spacial score (nSPS) is 13.8. The Labute approximate surface area is 109 Å². The van der Waals surface area contributed by atoms with E-state index < -0.39 is 0 Å². The van der Waals surface area contributed by atoms with Crippen molar-refractivity contribution in [1.82, 2.24) is 10.3 Å². The third-order valence-electron chi connectivity index (χ3n) is 2.62. The van der Waals surface area contributed by atoms with Gasteiger partial charge in [-0.1, -0.05) is 0 Å². The van der Waals surface area contributed by atoms with Gasteiger partial charge in [-0.25, -0.2) is 0 Å². The average molecular weight is 268 g/mol. The minimum atomic E-state index is -0.287. The number of aromatic nitrogens is 1. The topological polar surface area (TPSA) is 120 Å². The number of nitrogens with one attached hydrogen (secondary N) is 1. The predicted octanol–water partition coefficient (Wildman–Crippen LogP) is -0.497. The molecule has 0 saturated carbocycles. The van der Waals surface area contributed by atoms with E-state index in [0.29, 0.717) is 29.7 Å². The van der Waals surface area contributed by atoms with Crippen LogP contribution in [-0.2, 0) is 22.8 Å². The molecular formula is C12H16N2O5. The molecule has 1 saturated heterocycles. The summed E-state index contributed by atoms with van der Waals surface area (Å²) in [7, 11) is 0. The first-order chi connectivity index (χ1) is 8.99. The summed E-state index contributed by atoms with van der Waals surface area (Å²) in [5, 5.41) is 29.2. The van der Waals surface area contributed by atoms with Crippen molar-refractivity contribution in [1.29, 1.82) is 0 Å². The number of aliphatic hydroxyl groups excluding tert-OH is 2. The maximum atomic E-state index is 10.1. The van der Waals surface area contributed by atoms with E-state index in [2.05, 4.69) is 10.3 Å². The van der Waals surface area contributed by atoms with Crippen molar-refractivity contribution in [3.05, 3.63) is 23.0 Å². The van der Waals surface area contributed by atoms with Gasteiger partial charge in [0, 0.05) is 30.2 Å². The predicted molar refractivity (Wildman–Crippen MR) is 64.9 cm³/mol. The number of hydrogen-bond donors (Lipinski definition) is 4. The Kier molecular flexibility index (Phi) is 5.40. The molecule has 4 N–H and O–H groups in total. The van der Waals surface area contributed by atoms with Gasteiger partial charge in [-0.15, -0.1) is 0 Å². The summed E-state index contributed by atoms with van der Waals surface area (Å²) in [6.07, 6.45) is 2.19. The van der Waals surface area contributed by atoms with E-state index in [0.717, 1.165) is 0 Å². The molecular weight excluding hydrogens is 252 g/mol. The second kappa shape index (κ2) is 6.81. The van der Waals surface area contributed by atoms with Gasteiger partial charge in [-0.05, 0) is 6.92 Å². The van der Waals surface area contributed by atoms with Gasteiger partial charge in [0.15, 0.2) is 0 Å². The third kappa shape index (κ3) is 4.01. The van der Waals surface area contributed by atoms with Crippen molar-refractivity contribution in [2.45, 2.75) is 33.0 Å². The van der Waals surface area contributed by atoms with Crippen molar-refractivity contribution in [3.63, 3.8) is 0 Å². The lowest BCUT2D eigenvalue weighted by atomic mass is 10.1. The summed E-state index contributed by atoms with van der Waals surface area (Å²) in [5.74, 6) is -0.334. The summed E-state index contributed by atoms with van der Waals surface area (Å²) in [4.78, 5) is 24.1. The van der Waals surface area contributed by atoms with E-state index >= 15 is 0 Å². The Morgan fingerprint density at radius 2 is 1.79 bits per heavy atom. The highest BCUT2D eigenvalue weighted by molar-refractivity contribution is 6.01. The van der Waals surface area contributed by atoms with Gasteiger partial charge in [0.25, 0.3) is 0 Å². The molecule has 1 aliphatic rings. The third-order valence-corrected chi connectivity index (χ3v) is 2.62. The highest BCUT2D eigenvalue weighted by Crippen LogP contribution is 2.23. The first-order valence-corrected chi connectivity index (χ1v) is 5.70. The Bertz CT molecular complexity index is 473. The van der Waals surface area contributed by atoms with Crippen molar-refractivity contribution in [2.75, 3.05) is 0 Å². The molecule has 0 aliphatic carbocycles. The molecule has 1 aromatic rings. The smallest absolute Gasteiger partial charge is 0.227 e. The van der Waals surface area contributed by atoms with Crippen LogP contribution in [0.15, 0.2) is 6.20 Å². The Morgan fingerprint density at radius 1 is 1.21 bits per heavy atom. The van der Waals surface area contributed by atoms with E-state index in [1.54, 1.807) is 6.92 Å². The van der Waals surface area contributed by atoms with Crippen molar-refractivity contribution < 1.29 is 24.9 Å². The Hall–Kier alpha value is -1.99. The van der Waals surface area contributed by atoms with E-state index in [-0.39, 0.29) is 30.8 Å². The van der Waals surface area contributed by atoms with Crippen LogP contribution in [-0.4, -0.2) is 32.1 Å². The monoisotopic (exact) mass is 268 g/mol. The van der Waals surface area contributed by atoms with Crippen LogP contribution in [0.5, 0.6) is 5.75 Å². The minimum absolute atomic E-state index is 0.0379. The molecule has 2 heterocycles. The number of carbonyl (C=O) groups excluding carboxylic acids is 2. The number of aliphatic hydroxyl groups is 2. The summed E-state index contributed by atoms with van der Waals surface area (Å²) in [6, 6.07) is 0. The van der Waals surface area contributed by atoms with Gasteiger partial charge in [0.2, 0.25) is 11.8 Å². The first-order valence-electron chi connectivity index (χ1n) is 5.70. The maximum absolute atomic E-state index is 10.1. The fourth-order valence-electron chi connectivity index (χ4n) is 1.50.